The Morgan fingerprint density at radius 2 is 1.81 bits per heavy atom. The van der Waals surface area contributed by atoms with Crippen LogP contribution in [0.15, 0.2) is 30.3 Å². The number of carbonyl (C=O) groups is 2. The van der Waals surface area contributed by atoms with E-state index in [-0.39, 0.29) is 17.7 Å². The van der Waals surface area contributed by atoms with Gasteiger partial charge in [0, 0.05) is 42.6 Å². The number of aryl methyl sites for hydroxylation is 2. The first-order valence-electron chi connectivity index (χ1n) is 11.1. The predicted molar refractivity (Wildman–Crippen MR) is 126 cm³/mol. The maximum absolute atomic E-state index is 13.1. The van der Waals surface area contributed by atoms with Gasteiger partial charge in [-0.3, -0.25) is 14.6 Å². The van der Waals surface area contributed by atoms with Gasteiger partial charge >= 0.3 is 0 Å². The summed E-state index contributed by atoms with van der Waals surface area (Å²) in [7, 11) is 0. The predicted octanol–water partition coefficient (Wildman–Crippen LogP) is 3.74. The second kappa shape index (κ2) is 8.58. The summed E-state index contributed by atoms with van der Waals surface area (Å²) in [5, 5.41) is 0. The average Bonchev–Trinajstić information content (AvgIpc) is 3.47. The van der Waals surface area contributed by atoms with Crippen molar-refractivity contribution in [3.05, 3.63) is 58.7 Å². The number of aromatic amines is 1. The number of hydrogen-bond acceptors (Lipinski definition) is 5. The number of pyridine rings is 1. The number of amides is 2. The van der Waals surface area contributed by atoms with Gasteiger partial charge in [0.1, 0.15) is 5.82 Å². The Morgan fingerprint density at radius 1 is 1.00 bits per heavy atom. The van der Waals surface area contributed by atoms with Gasteiger partial charge in [-0.1, -0.05) is 0 Å². The Balaban J connectivity index is 1.31. The second-order valence-electron chi connectivity index (χ2n) is 8.61. The Hall–Kier alpha value is -2.87. The highest BCUT2D eigenvalue weighted by molar-refractivity contribution is 7.99. The standard InChI is InChI=1S/C24H27N5O2S/c1-15-3-5-19(24(31)29-11-12-32-14-29)22(25-15)17-7-9-28(10-8-17)23(30)18-4-6-20-21(13-18)27-16(2)26-20/h3-6,13,17H,7-12,14H2,1-2H3,(H,26,27). The largest absolute Gasteiger partial charge is 0.342 e. The van der Waals surface area contributed by atoms with E-state index in [9.17, 15) is 9.59 Å². The normalized spacial score (nSPS) is 17.3. The smallest absolute Gasteiger partial charge is 0.256 e. The summed E-state index contributed by atoms with van der Waals surface area (Å²) in [4.78, 5) is 42.4. The Kier molecular flexibility index (Phi) is 5.63. The number of imidazole rings is 1. The van der Waals surface area contributed by atoms with Gasteiger partial charge in [-0.25, -0.2) is 4.98 Å². The number of nitrogens with one attached hydrogen (secondary N) is 1. The third kappa shape index (κ3) is 3.99. The van der Waals surface area contributed by atoms with E-state index in [1.165, 1.54) is 0 Å². The molecule has 0 aliphatic carbocycles. The highest BCUT2D eigenvalue weighted by Gasteiger charge is 2.30. The number of likely N-dealkylation sites (tertiary alicyclic amines) is 1. The molecule has 0 saturated carbocycles. The van der Waals surface area contributed by atoms with Gasteiger partial charge in [-0.2, -0.15) is 0 Å². The minimum absolute atomic E-state index is 0.0418. The molecule has 5 rings (SSSR count). The molecule has 7 nitrogen and oxygen atoms in total. The molecule has 2 fully saturated rings. The first-order chi connectivity index (χ1) is 15.5. The van der Waals surface area contributed by atoms with Crippen molar-refractivity contribution in [3.63, 3.8) is 0 Å². The number of hydrogen-bond donors (Lipinski definition) is 1. The summed E-state index contributed by atoms with van der Waals surface area (Å²) in [6.45, 7) is 5.99. The van der Waals surface area contributed by atoms with E-state index in [0.29, 0.717) is 18.7 Å². The zero-order valence-corrected chi connectivity index (χ0v) is 19.2. The Morgan fingerprint density at radius 3 is 2.56 bits per heavy atom. The first kappa shape index (κ1) is 21.0. The topological polar surface area (TPSA) is 82.2 Å². The molecule has 8 heteroatoms. The molecule has 166 valence electrons. The van der Waals surface area contributed by atoms with E-state index in [4.69, 9.17) is 4.98 Å². The molecule has 32 heavy (non-hydrogen) atoms. The van der Waals surface area contributed by atoms with E-state index >= 15 is 0 Å². The van der Waals surface area contributed by atoms with Gasteiger partial charge in [0.2, 0.25) is 0 Å². The number of nitrogens with zero attached hydrogens (tertiary/aromatic N) is 4. The molecule has 1 N–H and O–H groups in total. The highest BCUT2D eigenvalue weighted by Crippen LogP contribution is 2.31. The third-order valence-electron chi connectivity index (χ3n) is 6.35. The lowest BCUT2D eigenvalue weighted by atomic mass is 9.89. The van der Waals surface area contributed by atoms with Crippen molar-refractivity contribution in [2.75, 3.05) is 31.3 Å². The highest BCUT2D eigenvalue weighted by atomic mass is 32.2. The van der Waals surface area contributed by atoms with Crippen LogP contribution in [-0.2, 0) is 0 Å². The van der Waals surface area contributed by atoms with Crippen LogP contribution >= 0.6 is 11.8 Å². The molecule has 0 spiro atoms. The molecule has 4 heterocycles. The quantitative estimate of drug-likeness (QED) is 0.659. The van der Waals surface area contributed by atoms with Gasteiger partial charge in [-0.15, -0.1) is 11.8 Å². The molecule has 2 aliphatic heterocycles. The zero-order chi connectivity index (χ0) is 22.2. The minimum atomic E-state index is 0.0418. The molecule has 1 aromatic carbocycles. The van der Waals surface area contributed by atoms with E-state index in [2.05, 4.69) is 9.97 Å². The fourth-order valence-electron chi connectivity index (χ4n) is 4.62. The maximum atomic E-state index is 13.1. The second-order valence-corrected chi connectivity index (χ2v) is 9.69. The van der Waals surface area contributed by atoms with Crippen LogP contribution < -0.4 is 0 Å². The number of benzene rings is 1. The molecule has 0 radical (unpaired) electrons. The monoisotopic (exact) mass is 449 g/mol. The lowest BCUT2D eigenvalue weighted by Crippen LogP contribution is -2.38. The number of rotatable bonds is 3. The van der Waals surface area contributed by atoms with E-state index in [0.717, 1.165) is 64.8 Å². The molecule has 2 aliphatic rings. The first-order valence-corrected chi connectivity index (χ1v) is 12.3. The van der Waals surface area contributed by atoms with Gasteiger partial charge in [0.05, 0.1) is 28.2 Å². The van der Waals surface area contributed by atoms with Crippen LogP contribution in [0.2, 0.25) is 0 Å². The minimum Gasteiger partial charge on any atom is -0.342 e. The molecule has 3 aromatic rings. The molecule has 2 saturated heterocycles. The summed E-state index contributed by atoms with van der Waals surface area (Å²) in [5.74, 6) is 2.89. The fourth-order valence-corrected chi connectivity index (χ4v) is 5.57. The summed E-state index contributed by atoms with van der Waals surface area (Å²) in [5.41, 5.74) is 4.98. The number of fused-ring (bicyclic) bond motifs is 1. The zero-order valence-electron chi connectivity index (χ0n) is 18.4. The fraction of sp³-hybridized carbons (Fsp3) is 0.417. The van der Waals surface area contributed by atoms with E-state index < -0.39 is 0 Å². The van der Waals surface area contributed by atoms with Crippen molar-refractivity contribution in [2.45, 2.75) is 32.6 Å². The van der Waals surface area contributed by atoms with Crippen LogP contribution in [-0.4, -0.2) is 67.8 Å². The molecular formula is C24H27N5O2S. The van der Waals surface area contributed by atoms with E-state index in [1.54, 1.807) is 11.8 Å². The maximum Gasteiger partial charge on any atom is 0.256 e. The number of H-pyrrole nitrogens is 1. The lowest BCUT2D eigenvalue weighted by Gasteiger charge is -2.33. The molecule has 0 atom stereocenters. The van der Waals surface area contributed by atoms with Crippen LogP contribution in [0.4, 0.5) is 0 Å². The number of thioether (sulfide) groups is 1. The van der Waals surface area contributed by atoms with Crippen molar-refractivity contribution >= 4 is 34.6 Å². The van der Waals surface area contributed by atoms with Crippen molar-refractivity contribution in [1.29, 1.82) is 0 Å². The summed E-state index contributed by atoms with van der Waals surface area (Å²) < 4.78 is 0. The van der Waals surface area contributed by atoms with Crippen LogP contribution in [0.1, 0.15) is 56.7 Å². The van der Waals surface area contributed by atoms with Crippen LogP contribution in [0.5, 0.6) is 0 Å². The van der Waals surface area contributed by atoms with Gasteiger partial charge in [0.25, 0.3) is 11.8 Å². The van der Waals surface area contributed by atoms with Crippen molar-refractivity contribution in [1.82, 2.24) is 24.8 Å². The summed E-state index contributed by atoms with van der Waals surface area (Å²) in [6.07, 6.45) is 1.62. The van der Waals surface area contributed by atoms with Crippen LogP contribution in [0.25, 0.3) is 11.0 Å². The SMILES string of the molecule is Cc1ccc(C(=O)N2CCSC2)c(C2CCN(C(=O)c3ccc4nc(C)[nH]c4c3)CC2)n1. The van der Waals surface area contributed by atoms with Crippen LogP contribution in [0.3, 0.4) is 0 Å². The molecule has 2 amide bonds. The third-order valence-corrected chi connectivity index (χ3v) is 7.32. The summed E-state index contributed by atoms with van der Waals surface area (Å²) in [6, 6.07) is 9.48. The van der Waals surface area contributed by atoms with Crippen LogP contribution in [0, 0.1) is 13.8 Å². The Bertz CT molecular complexity index is 1180. The number of aromatic nitrogens is 3. The average molecular weight is 450 g/mol. The Labute approximate surface area is 191 Å². The lowest BCUT2D eigenvalue weighted by molar-refractivity contribution is 0.0707. The van der Waals surface area contributed by atoms with E-state index in [1.807, 2.05) is 54.0 Å². The van der Waals surface area contributed by atoms with Crippen molar-refractivity contribution in [2.24, 2.45) is 0 Å². The van der Waals surface area contributed by atoms with Gasteiger partial charge in [0.15, 0.2) is 0 Å². The van der Waals surface area contributed by atoms with Crippen molar-refractivity contribution in [3.8, 4) is 0 Å². The molecule has 0 unspecified atom stereocenters. The molecular weight excluding hydrogens is 422 g/mol. The van der Waals surface area contributed by atoms with Gasteiger partial charge in [-0.05, 0) is 57.0 Å². The van der Waals surface area contributed by atoms with Gasteiger partial charge < -0.3 is 14.8 Å². The number of carbonyl (C=O) groups excluding carboxylic acids is 2. The molecule has 0 bridgehead atoms. The molecule has 2 aromatic heterocycles. The van der Waals surface area contributed by atoms with Crippen molar-refractivity contribution < 1.29 is 9.59 Å². The number of piperidine rings is 1. The summed E-state index contributed by atoms with van der Waals surface area (Å²) >= 11 is 1.79.